The van der Waals surface area contributed by atoms with Crippen LogP contribution in [0.2, 0.25) is 0 Å². The third kappa shape index (κ3) is 5.29. The summed E-state index contributed by atoms with van der Waals surface area (Å²) in [6, 6.07) is 17.9. The first-order valence-electron chi connectivity index (χ1n) is 12.6. The molecule has 0 radical (unpaired) electrons. The third-order valence-corrected chi connectivity index (χ3v) is 7.04. The van der Waals surface area contributed by atoms with Crippen molar-refractivity contribution in [3.8, 4) is 0 Å². The van der Waals surface area contributed by atoms with Crippen LogP contribution in [0.4, 0.5) is 27.1 Å². The molecule has 0 bridgehead atoms. The molecule has 9 nitrogen and oxygen atoms in total. The van der Waals surface area contributed by atoms with Crippen LogP contribution < -0.4 is 15.1 Å². The van der Waals surface area contributed by atoms with E-state index in [0.29, 0.717) is 37.6 Å². The van der Waals surface area contributed by atoms with E-state index in [1.54, 1.807) is 41.3 Å². The molecular formula is C28H28FN5O4. The van der Waals surface area contributed by atoms with Crippen LogP contribution >= 0.6 is 0 Å². The molecule has 2 aliphatic rings. The minimum absolute atomic E-state index is 0.0671. The summed E-state index contributed by atoms with van der Waals surface area (Å²) in [4.78, 5) is 42.4. The Bertz CT molecular complexity index is 1350. The van der Waals surface area contributed by atoms with Crippen molar-refractivity contribution in [2.75, 3.05) is 54.4 Å². The first-order valence-corrected chi connectivity index (χ1v) is 12.6. The number of amides is 2. The standard InChI is InChI=1S/C28H28FN5O4/c29-24-6-2-1-5-23(24)28(36)33-17-15-31(16-18-33)22-10-8-21(9-11-22)30-27(35)20-7-12-25(26(19-20)34(37)38)32-13-3-4-14-32/h1-2,5-12,19H,3-4,13-18H2,(H,30,35). The molecule has 0 spiro atoms. The minimum atomic E-state index is -0.519. The molecule has 3 aromatic carbocycles. The number of rotatable bonds is 6. The average Bonchev–Trinajstić information content (AvgIpc) is 3.48. The number of nitrogens with one attached hydrogen (secondary N) is 1. The molecule has 2 fully saturated rings. The molecule has 2 saturated heterocycles. The maximum absolute atomic E-state index is 14.0. The summed E-state index contributed by atoms with van der Waals surface area (Å²) in [7, 11) is 0. The zero-order valence-electron chi connectivity index (χ0n) is 20.8. The number of carbonyl (C=O) groups is 2. The van der Waals surface area contributed by atoms with Crippen molar-refractivity contribution in [2.45, 2.75) is 12.8 Å². The van der Waals surface area contributed by atoms with Crippen LogP contribution in [-0.2, 0) is 0 Å². The number of nitrogens with zero attached hydrogens (tertiary/aromatic N) is 4. The van der Waals surface area contributed by atoms with Gasteiger partial charge in [-0.15, -0.1) is 0 Å². The Kier molecular flexibility index (Phi) is 7.21. The maximum atomic E-state index is 14.0. The van der Waals surface area contributed by atoms with Gasteiger partial charge in [-0.1, -0.05) is 12.1 Å². The lowest BCUT2D eigenvalue weighted by Crippen LogP contribution is -2.49. The number of nitro groups is 1. The van der Waals surface area contributed by atoms with E-state index in [0.717, 1.165) is 31.6 Å². The molecule has 2 aliphatic heterocycles. The first-order chi connectivity index (χ1) is 18.4. The second kappa shape index (κ2) is 10.9. The Morgan fingerprint density at radius 3 is 2.18 bits per heavy atom. The van der Waals surface area contributed by atoms with Gasteiger partial charge in [0.1, 0.15) is 11.5 Å². The molecular weight excluding hydrogens is 489 g/mol. The van der Waals surface area contributed by atoms with Crippen LogP contribution in [0.1, 0.15) is 33.6 Å². The highest BCUT2D eigenvalue weighted by atomic mass is 19.1. The maximum Gasteiger partial charge on any atom is 0.293 e. The molecule has 2 heterocycles. The molecule has 0 saturated carbocycles. The highest BCUT2D eigenvalue weighted by Gasteiger charge is 2.25. The fourth-order valence-electron chi connectivity index (χ4n) is 4.97. The second-order valence-corrected chi connectivity index (χ2v) is 9.41. The van der Waals surface area contributed by atoms with E-state index < -0.39 is 16.6 Å². The lowest BCUT2D eigenvalue weighted by Gasteiger charge is -2.36. The van der Waals surface area contributed by atoms with E-state index in [1.807, 2.05) is 17.0 Å². The number of nitro benzene ring substituents is 1. The van der Waals surface area contributed by atoms with E-state index in [1.165, 1.54) is 18.2 Å². The third-order valence-electron chi connectivity index (χ3n) is 7.04. The van der Waals surface area contributed by atoms with E-state index in [2.05, 4.69) is 10.2 Å². The van der Waals surface area contributed by atoms with Gasteiger partial charge in [0.25, 0.3) is 17.5 Å². The van der Waals surface area contributed by atoms with Gasteiger partial charge in [-0.05, 0) is 61.4 Å². The molecule has 2 amide bonds. The van der Waals surface area contributed by atoms with Gasteiger partial charge < -0.3 is 20.0 Å². The van der Waals surface area contributed by atoms with Crippen LogP contribution in [0.5, 0.6) is 0 Å². The summed E-state index contributed by atoms with van der Waals surface area (Å²) in [6.45, 7) is 3.68. The van der Waals surface area contributed by atoms with Crippen molar-refractivity contribution in [2.24, 2.45) is 0 Å². The Balaban J connectivity index is 1.20. The Labute approximate surface area is 219 Å². The lowest BCUT2D eigenvalue weighted by atomic mass is 10.1. The average molecular weight is 518 g/mol. The highest BCUT2D eigenvalue weighted by molar-refractivity contribution is 6.05. The molecule has 10 heteroatoms. The predicted octanol–water partition coefficient (Wildman–Crippen LogP) is 4.55. The summed E-state index contributed by atoms with van der Waals surface area (Å²) in [5.41, 5.74) is 2.29. The van der Waals surface area contributed by atoms with E-state index in [4.69, 9.17) is 0 Å². The lowest BCUT2D eigenvalue weighted by molar-refractivity contribution is -0.384. The van der Waals surface area contributed by atoms with Gasteiger partial charge in [0.15, 0.2) is 0 Å². The summed E-state index contributed by atoms with van der Waals surface area (Å²) < 4.78 is 14.0. The Morgan fingerprint density at radius 1 is 0.842 bits per heavy atom. The quantitative estimate of drug-likeness (QED) is 0.381. The molecule has 0 unspecified atom stereocenters. The van der Waals surface area contributed by atoms with Gasteiger partial charge in [0.05, 0.1) is 10.5 Å². The summed E-state index contributed by atoms with van der Waals surface area (Å²) in [5, 5.41) is 14.5. The molecule has 3 aromatic rings. The second-order valence-electron chi connectivity index (χ2n) is 9.41. The van der Waals surface area contributed by atoms with Gasteiger partial charge in [-0.25, -0.2) is 4.39 Å². The van der Waals surface area contributed by atoms with Crippen LogP contribution in [-0.4, -0.2) is 60.9 Å². The van der Waals surface area contributed by atoms with Crippen molar-refractivity contribution < 1.29 is 18.9 Å². The molecule has 0 aromatic heterocycles. The summed E-state index contributed by atoms with van der Waals surface area (Å²) >= 11 is 0. The Hall–Kier alpha value is -4.47. The number of benzene rings is 3. The molecule has 5 rings (SSSR count). The number of hydrogen-bond donors (Lipinski definition) is 1. The van der Waals surface area contributed by atoms with E-state index in [9.17, 15) is 24.1 Å². The van der Waals surface area contributed by atoms with Crippen LogP contribution in [0.25, 0.3) is 0 Å². The van der Waals surface area contributed by atoms with Gasteiger partial charge in [-0.2, -0.15) is 0 Å². The Morgan fingerprint density at radius 2 is 1.53 bits per heavy atom. The smallest absolute Gasteiger partial charge is 0.293 e. The van der Waals surface area contributed by atoms with Gasteiger partial charge in [-0.3, -0.25) is 19.7 Å². The number of halogens is 1. The van der Waals surface area contributed by atoms with E-state index >= 15 is 0 Å². The summed E-state index contributed by atoms with van der Waals surface area (Å²) in [5.74, 6) is -1.25. The predicted molar refractivity (Wildman–Crippen MR) is 143 cm³/mol. The van der Waals surface area contributed by atoms with Crippen molar-refractivity contribution in [1.29, 1.82) is 0 Å². The van der Waals surface area contributed by atoms with Gasteiger partial charge in [0, 0.05) is 62.3 Å². The van der Waals surface area contributed by atoms with Crippen LogP contribution in [0, 0.1) is 15.9 Å². The van der Waals surface area contributed by atoms with Crippen molar-refractivity contribution in [3.05, 3.63) is 93.8 Å². The fourth-order valence-corrected chi connectivity index (χ4v) is 4.97. The monoisotopic (exact) mass is 517 g/mol. The van der Waals surface area contributed by atoms with Crippen molar-refractivity contribution >= 4 is 34.6 Å². The number of anilines is 3. The van der Waals surface area contributed by atoms with Crippen molar-refractivity contribution in [3.63, 3.8) is 0 Å². The van der Waals surface area contributed by atoms with Crippen LogP contribution in [0.15, 0.2) is 66.7 Å². The largest absolute Gasteiger partial charge is 0.368 e. The molecule has 1 N–H and O–H groups in total. The number of carbonyl (C=O) groups excluding carboxylic acids is 2. The topological polar surface area (TPSA) is 99.0 Å². The molecule has 0 atom stereocenters. The normalized spacial score (nSPS) is 15.4. The first kappa shape index (κ1) is 25.2. The summed E-state index contributed by atoms with van der Waals surface area (Å²) in [6.07, 6.45) is 1.99. The number of piperazine rings is 1. The van der Waals surface area contributed by atoms with Gasteiger partial charge in [0.2, 0.25) is 0 Å². The zero-order chi connectivity index (χ0) is 26.6. The SMILES string of the molecule is O=C(Nc1ccc(N2CCN(C(=O)c3ccccc3F)CC2)cc1)c1ccc(N2CCCC2)c([N+](=O)[O-])c1. The minimum Gasteiger partial charge on any atom is -0.368 e. The number of hydrogen-bond acceptors (Lipinski definition) is 6. The molecule has 0 aliphatic carbocycles. The highest BCUT2D eigenvalue weighted by Crippen LogP contribution is 2.32. The zero-order valence-corrected chi connectivity index (χ0v) is 20.8. The fraction of sp³-hybridized carbons (Fsp3) is 0.286. The van der Waals surface area contributed by atoms with E-state index in [-0.39, 0.29) is 22.7 Å². The molecule has 196 valence electrons. The molecule has 38 heavy (non-hydrogen) atoms. The van der Waals surface area contributed by atoms with Gasteiger partial charge >= 0.3 is 0 Å². The van der Waals surface area contributed by atoms with Crippen LogP contribution in [0.3, 0.4) is 0 Å². The van der Waals surface area contributed by atoms with Crippen molar-refractivity contribution in [1.82, 2.24) is 4.90 Å².